The lowest BCUT2D eigenvalue weighted by molar-refractivity contribution is -0.192. The number of rotatable bonds is 4. The smallest absolute Gasteiger partial charge is 0.487 e. The molecule has 1 atom stereocenters. The fourth-order valence-electron chi connectivity index (χ4n) is 3.54. The van der Waals surface area contributed by atoms with E-state index < -0.39 is 30.0 Å². The van der Waals surface area contributed by atoms with Crippen LogP contribution in [-0.4, -0.2) is 47.7 Å². The number of alkyl halides is 3. The number of amides is 2. The molecule has 0 saturated carbocycles. The zero-order valence-corrected chi connectivity index (χ0v) is 23.5. The normalized spacial score (nSPS) is 15.4. The molecular formula is C28H27ClF3N5O6. The maximum absolute atomic E-state index is 13.3. The first-order valence-electron chi connectivity index (χ1n) is 12.5. The lowest BCUT2D eigenvalue weighted by atomic mass is 10.0. The number of nitrogens with zero attached hydrogens (tertiary/aromatic N) is 1. The molecule has 11 nitrogen and oxygen atoms in total. The topological polar surface area (TPSA) is 164 Å². The van der Waals surface area contributed by atoms with Crippen LogP contribution in [0.5, 0.6) is 11.5 Å². The molecule has 5 rings (SSSR count). The van der Waals surface area contributed by atoms with Gasteiger partial charge in [0.2, 0.25) is 0 Å². The number of anilines is 1. The van der Waals surface area contributed by atoms with Gasteiger partial charge in [-0.05, 0) is 67.9 Å². The predicted molar refractivity (Wildman–Crippen MR) is 152 cm³/mol. The van der Waals surface area contributed by atoms with E-state index in [1.54, 1.807) is 66.7 Å². The molecule has 0 fully saturated rings. The summed E-state index contributed by atoms with van der Waals surface area (Å²) < 4.78 is 43.5. The van der Waals surface area contributed by atoms with Crippen molar-refractivity contribution in [3.63, 3.8) is 0 Å². The Bertz CT molecular complexity index is 1500. The number of carboxylic acids is 1. The second kappa shape index (κ2) is 14.3. The van der Waals surface area contributed by atoms with Gasteiger partial charge in [-0.1, -0.05) is 29.8 Å². The molecule has 43 heavy (non-hydrogen) atoms. The van der Waals surface area contributed by atoms with Crippen molar-refractivity contribution in [3.05, 3.63) is 88.4 Å². The maximum atomic E-state index is 13.3. The Kier molecular flexibility index (Phi) is 10.8. The number of amidine groups is 1. The Balaban J connectivity index is 0.000000646. The van der Waals surface area contributed by atoms with Crippen LogP contribution in [0.3, 0.4) is 0 Å². The first kappa shape index (κ1) is 32.5. The minimum Gasteiger partial charge on any atom is -0.487 e. The minimum atomic E-state index is -5.08. The standard InChI is InChI=1S/C26H26ClN5O4.C2HF3O2/c1-15(2)36-21-12-9-17-13-22(21)35-14-29-24(28)16-7-10-18(11-8-16)30-23(17)26(34)32-31-25(33)19-5-3-4-6-20(19)27;3-2(4,5)1(6)7/h3-13,15,23,30H,14H2,1-2H3,(H2,28,29)(H,31,33)(H,32,34);(H,6,7). The van der Waals surface area contributed by atoms with Crippen LogP contribution in [0, 0.1) is 0 Å². The van der Waals surface area contributed by atoms with E-state index in [9.17, 15) is 22.8 Å². The average Bonchev–Trinajstić information content (AvgIpc) is 2.96. The molecule has 15 heteroatoms. The molecule has 1 unspecified atom stereocenters. The highest BCUT2D eigenvalue weighted by Gasteiger charge is 2.38. The van der Waals surface area contributed by atoms with Crippen LogP contribution in [0.25, 0.3) is 0 Å². The summed E-state index contributed by atoms with van der Waals surface area (Å²) in [5.41, 5.74) is 13.2. The quantitative estimate of drug-likeness (QED) is 0.267. The molecule has 3 aromatic rings. The number of ether oxygens (including phenoxy) is 2. The van der Waals surface area contributed by atoms with Crippen molar-refractivity contribution >= 4 is 40.9 Å². The molecule has 0 saturated heterocycles. The third-order valence-corrected chi connectivity index (χ3v) is 5.86. The van der Waals surface area contributed by atoms with Gasteiger partial charge in [0.1, 0.15) is 11.9 Å². The molecule has 0 aromatic heterocycles. The van der Waals surface area contributed by atoms with Gasteiger partial charge in [0.25, 0.3) is 11.8 Å². The van der Waals surface area contributed by atoms with Crippen molar-refractivity contribution in [3.8, 4) is 11.5 Å². The average molecular weight is 622 g/mol. The van der Waals surface area contributed by atoms with Crippen molar-refractivity contribution in [1.29, 1.82) is 0 Å². The number of benzene rings is 3. The number of fused-ring (bicyclic) bond motifs is 5. The number of carbonyl (C=O) groups is 3. The molecule has 228 valence electrons. The van der Waals surface area contributed by atoms with Gasteiger partial charge in [0.15, 0.2) is 18.2 Å². The van der Waals surface area contributed by atoms with Gasteiger partial charge < -0.3 is 25.6 Å². The van der Waals surface area contributed by atoms with Gasteiger partial charge >= 0.3 is 12.1 Å². The number of hydrogen-bond donors (Lipinski definition) is 5. The Morgan fingerprint density at radius 1 is 1.09 bits per heavy atom. The summed E-state index contributed by atoms with van der Waals surface area (Å²) in [6.45, 7) is 3.76. The summed E-state index contributed by atoms with van der Waals surface area (Å²) in [5, 5.41) is 10.6. The number of hydrazine groups is 1. The summed E-state index contributed by atoms with van der Waals surface area (Å²) in [6, 6.07) is 18.0. The largest absolute Gasteiger partial charge is 0.490 e. The monoisotopic (exact) mass is 621 g/mol. The Labute approximate surface area is 248 Å². The first-order valence-corrected chi connectivity index (χ1v) is 12.9. The van der Waals surface area contributed by atoms with E-state index in [0.29, 0.717) is 34.1 Å². The van der Waals surface area contributed by atoms with Crippen molar-refractivity contribution in [1.82, 2.24) is 10.9 Å². The molecule has 0 spiro atoms. The first-order chi connectivity index (χ1) is 20.3. The molecule has 2 aliphatic rings. The van der Waals surface area contributed by atoms with Gasteiger partial charge in [0.05, 0.1) is 16.7 Å². The van der Waals surface area contributed by atoms with E-state index >= 15 is 0 Å². The summed E-state index contributed by atoms with van der Waals surface area (Å²) in [4.78, 5) is 39.0. The highest BCUT2D eigenvalue weighted by atomic mass is 35.5. The molecule has 4 bridgehead atoms. The van der Waals surface area contributed by atoms with Crippen LogP contribution in [-0.2, 0) is 9.59 Å². The van der Waals surface area contributed by atoms with E-state index in [0.717, 1.165) is 0 Å². The number of carboxylic acid groups (broad SMARTS) is 1. The zero-order valence-electron chi connectivity index (χ0n) is 22.7. The molecule has 6 N–H and O–H groups in total. The SMILES string of the molecule is CC(C)Oc1ccc2cc1OC/N=C(/N)c1ccc(cc1)NC2C(=O)NNC(=O)c1ccccc1Cl.O=C(O)C(F)(F)F. The Morgan fingerprint density at radius 2 is 1.74 bits per heavy atom. The summed E-state index contributed by atoms with van der Waals surface area (Å²) in [5.74, 6) is -2.58. The predicted octanol–water partition coefficient (Wildman–Crippen LogP) is 4.43. The fraction of sp³-hybridized carbons (Fsp3) is 0.214. The van der Waals surface area contributed by atoms with Gasteiger partial charge in [-0.25, -0.2) is 9.79 Å². The van der Waals surface area contributed by atoms with Crippen molar-refractivity contribution < 1.29 is 42.1 Å². The number of nitrogens with two attached hydrogens (primary N) is 1. The highest BCUT2D eigenvalue weighted by Crippen LogP contribution is 2.33. The third-order valence-electron chi connectivity index (χ3n) is 5.53. The van der Waals surface area contributed by atoms with Crippen LogP contribution < -0.4 is 31.4 Å². The minimum absolute atomic E-state index is 0.0380. The number of hydrogen-bond acceptors (Lipinski definition) is 8. The third kappa shape index (κ3) is 9.26. The van der Waals surface area contributed by atoms with Crippen molar-refractivity contribution in [2.24, 2.45) is 10.7 Å². The number of aliphatic carboxylic acids is 1. The summed E-state index contributed by atoms with van der Waals surface area (Å²) in [7, 11) is 0. The number of aliphatic imine (C=N–C) groups is 1. The lowest BCUT2D eigenvalue weighted by Gasteiger charge is -2.22. The van der Waals surface area contributed by atoms with Crippen LogP contribution in [0.15, 0.2) is 71.7 Å². The number of halogens is 4. The zero-order chi connectivity index (χ0) is 31.7. The Hall–Kier alpha value is -4.98. The second-order valence-corrected chi connectivity index (χ2v) is 9.48. The summed E-state index contributed by atoms with van der Waals surface area (Å²) >= 11 is 6.10. The molecule has 2 heterocycles. The van der Waals surface area contributed by atoms with Gasteiger partial charge in [-0.3, -0.25) is 20.4 Å². The van der Waals surface area contributed by atoms with Crippen molar-refractivity contribution in [2.45, 2.75) is 32.2 Å². The maximum Gasteiger partial charge on any atom is 0.490 e. The molecule has 3 aromatic carbocycles. The number of carbonyl (C=O) groups excluding carboxylic acids is 2. The van der Waals surface area contributed by atoms with Crippen LogP contribution >= 0.6 is 11.6 Å². The van der Waals surface area contributed by atoms with E-state index in [1.807, 2.05) is 13.8 Å². The second-order valence-electron chi connectivity index (χ2n) is 9.07. The van der Waals surface area contributed by atoms with Crippen LogP contribution in [0.1, 0.15) is 41.4 Å². The Morgan fingerprint density at radius 3 is 2.35 bits per heavy atom. The molecule has 0 radical (unpaired) electrons. The van der Waals surface area contributed by atoms with Gasteiger partial charge in [-0.15, -0.1) is 0 Å². The molecular weight excluding hydrogens is 595 g/mol. The fourth-order valence-corrected chi connectivity index (χ4v) is 3.76. The van der Waals surface area contributed by atoms with Gasteiger partial charge in [-0.2, -0.15) is 13.2 Å². The van der Waals surface area contributed by atoms with Crippen LogP contribution in [0.2, 0.25) is 5.02 Å². The molecule has 0 aliphatic carbocycles. The lowest BCUT2D eigenvalue weighted by Crippen LogP contribution is -2.45. The molecule has 2 amide bonds. The van der Waals surface area contributed by atoms with E-state index in [4.69, 9.17) is 36.7 Å². The van der Waals surface area contributed by atoms with Gasteiger partial charge in [0, 0.05) is 11.3 Å². The highest BCUT2D eigenvalue weighted by molar-refractivity contribution is 6.33. The van der Waals surface area contributed by atoms with E-state index in [-0.39, 0.29) is 23.4 Å². The van der Waals surface area contributed by atoms with E-state index in [2.05, 4.69) is 21.2 Å². The van der Waals surface area contributed by atoms with E-state index in [1.165, 1.54) is 0 Å². The molecule has 2 aliphatic heterocycles. The summed E-state index contributed by atoms with van der Waals surface area (Å²) in [6.07, 6.45) is -5.18. The number of nitrogens with one attached hydrogen (secondary N) is 3. The van der Waals surface area contributed by atoms with Crippen molar-refractivity contribution in [2.75, 3.05) is 12.0 Å². The van der Waals surface area contributed by atoms with Crippen LogP contribution in [0.4, 0.5) is 18.9 Å².